The van der Waals surface area contributed by atoms with E-state index in [4.69, 9.17) is 9.72 Å². The lowest BCUT2D eigenvalue weighted by molar-refractivity contribution is 0.0601. The number of rotatable bonds is 2. The Morgan fingerprint density at radius 1 is 1.12 bits per heavy atom. The van der Waals surface area contributed by atoms with E-state index in [2.05, 4.69) is 4.98 Å². The number of carbonyl (C=O) groups is 1. The van der Waals surface area contributed by atoms with Crippen LogP contribution in [0.4, 0.5) is 0 Å². The van der Waals surface area contributed by atoms with Crippen LogP contribution in [0.3, 0.4) is 0 Å². The summed E-state index contributed by atoms with van der Waals surface area (Å²) in [6.45, 7) is 0. The van der Waals surface area contributed by atoms with Gasteiger partial charge in [-0.05, 0) is 43.4 Å². The zero-order valence-corrected chi connectivity index (χ0v) is 15.4. The fourth-order valence-corrected chi connectivity index (χ4v) is 4.80. The van der Waals surface area contributed by atoms with Crippen molar-refractivity contribution in [2.75, 3.05) is 7.11 Å². The third-order valence-electron chi connectivity index (χ3n) is 4.90. The molecule has 0 bridgehead atoms. The fraction of sp³-hybridized carbons (Fsp3) is 0.350. The molecule has 0 aliphatic heterocycles. The van der Waals surface area contributed by atoms with Crippen LogP contribution in [0, 0.1) is 0 Å². The summed E-state index contributed by atoms with van der Waals surface area (Å²) in [5.74, 6) is 0.152. The van der Waals surface area contributed by atoms with E-state index >= 15 is 0 Å². The average molecular weight is 368 g/mol. The molecule has 6 heteroatoms. The van der Waals surface area contributed by atoms with Crippen molar-refractivity contribution < 1.29 is 9.53 Å². The van der Waals surface area contributed by atoms with Gasteiger partial charge < -0.3 is 9.72 Å². The summed E-state index contributed by atoms with van der Waals surface area (Å²) in [6, 6.07) is 6.91. The largest absolute Gasteiger partial charge is 0.465 e. The smallest absolute Gasteiger partial charge is 0.337 e. The Labute approximate surface area is 155 Å². The fourth-order valence-electron chi connectivity index (χ4n) is 3.54. The monoisotopic (exact) mass is 368 g/mol. The molecule has 26 heavy (non-hydrogen) atoms. The third kappa shape index (κ3) is 3.05. The van der Waals surface area contributed by atoms with E-state index in [0.29, 0.717) is 11.4 Å². The number of methoxy groups -OCH3 is 1. The van der Waals surface area contributed by atoms with Gasteiger partial charge in [-0.25, -0.2) is 9.78 Å². The molecule has 1 aliphatic carbocycles. The molecule has 0 unspecified atom stereocenters. The number of benzene rings is 1. The van der Waals surface area contributed by atoms with Gasteiger partial charge in [-0.3, -0.25) is 4.79 Å². The van der Waals surface area contributed by atoms with Crippen LogP contribution in [0.2, 0.25) is 0 Å². The number of aromatic nitrogens is 2. The minimum atomic E-state index is -0.383. The number of carbonyl (C=O) groups excluding carboxylic acids is 1. The quantitative estimate of drug-likeness (QED) is 0.691. The summed E-state index contributed by atoms with van der Waals surface area (Å²) in [4.78, 5) is 34.1. The van der Waals surface area contributed by atoms with Crippen molar-refractivity contribution >= 4 is 27.5 Å². The number of thiophene rings is 1. The van der Waals surface area contributed by atoms with Crippen LogP contribution in [-0.4, -0.2) is 23.0 Å². The Hall–Kier alpha value is -2.47. The van der Waals surface area contributed by atoms with Gasteiger partial charge in [-0.1, -0.05) is 25.0 Å². The van der Waals surface area contributed by atoms with Gasteiger partial charge in [0.05, 0.1) is 18.1 Å². The van der Waals surface area contributed by atoms with Crippen molar-refractivity contribution in [3.8, 4) is 11.4 Å². The van der Waals surface area contributed by atoms with E-state index < -0.39 is 0 Å². The predicted octanol–water partition coefficient (Wildman–Crippen LogP) is 4.10. The maximum Gasteiger partial charge on any atom is 0.337 e. The standard InChI is InChI=1S/C20H20N2O3S/c1-25-20(24)13-10-8-12(9-11-13)17-21-18(23)16-14-6-4-2-3-5-7-15(14)26-19(16)22-17/h8-11H,2-7H2,1H3,(H,21,22,23). The number of H-pyrrole nitrogens is 1. The van der Waals surface area contributed by atoms with Gasteiger partial charge >= 0.3 is 5.97 Å². The number of aryl methyl sites for hydroxylation is 2. The van der Waals surface area contributed by atoms with Crippen molar-refractivity contribution in [1.82, 2.24) is 9.97 Å². The van der Waals surface area contributed by atoms with Crippen molar-refractivity contribution in [3.05, 3.63) is 50.6 Å². The Balaban J connectivity index is 1.78. The average Bonchev–Trinajstić information content (AvgIpc) is 2.98. The molecule has 3 aromatic rings. The van der Waals surface area contributed by atoms with Crippen molar-refractivity contribution in [2.45, 2.75) is 38.5 Å². The molecule has 2 heterocycles. The van der Waals surface area contributed by atoms with E-state index in [1.54, 1.807) is 35.6 Å². The molecule has 2 aromatic heterocycles. The predicted molar refractivity (Wildman–Crippen MR) is 103 cm³/mol. The first-order valence-electron chi connectivity index (χ1n) is 8.90. The van der Waals surface area contributed by atoms with E-state index in [-0.39, 0.29) is 11.5 Å². The van der Waals surface area contributed by atoms with Crippen molar-refractivity contribution in [3.63, 3.8) is 0 Å². The molecule has 1 aromatic carbocycles. The number of ether oxygens (including phenoxy) is 1. The molecule has 1 N–H and O–H groups in total. The first-order chi connectivity index (χ1) is 12.7. The third-order valence-corrected chi connectivity index (χ3v) is 6.09. The lowest BCUT2D eigenvalue weighted by Crippen LogP contribution is -2.10. The van der Waals surface area contributed by atoms with Crippen LogP contribution in [0.1, 0.15) is 46.5 Å². The van der Waals surface area contributed by atoms with Crippen molar-refractivity contribution in [2.24, 2.45) is 0 Å². The van der Waals surface area contributed by atoms with Crippen LogP contribution in [0.25, 0.3) is 21.6 Å². The second-order valence-corrected chi connectivity index (χ2v) is 7.67. The number of fused-ring (bicyclic) bond motifs is 3. The topological polar surface area (TPSA) is 72.0 Å². The minimum absolute atomic E-state index is 0.0693. The number of esters is 1. The second kappa shape index (κ2) is 7.03. The highest BCUT2D eigenvalue weighted by atomic mass is 32.1. The second-order valence-electron chi connectivity index (χ2n) is 6.58. The lowest BCUT2D eigenvalue weighted by atomic mass is 9.98. The van der Waals surface area contributed by atoms with Gasteiger partial charge in [-0.15, -0.1) is 11.3 Å². The van der Waals surface area contributed by atoms with Crippen LogP contribution in [0.15, 0.2) is 29.1 Å². The van der Waals surface area contributed by atoms with Gasteiger partial charge in [0, 0.05) is 10.4 Å². The van der Waals surface area contributed by atoms with E-state index in [1.165, 1.54) is 36.8 Å². The first kappa shape index (κ1) is 17.0. The number of hydrogen-bond donors (Lipinski definition) is 1. The minimum Gasteiger partial charge on any atom is -0.465 e. The molecule has 1 aliphatic rings. The van der Waals surface area contributed by atoms with Crippen LogP contribution in [0.5, 0.6) is 0 Å². The summed E-state index contributed by atoms with van der Waals surface area (Å²) in [6.07, 6.45) is 6.81. The van der Waals surface area contributed by atoms with Crippen molar-refractivity contribution in [1.29, 1.82) is 0 Å². The number of nitrogens with zero attached hydrogens (tertiary/aromatic N) is 1. The Kier molecular flexibility index (Phi) is 4.59. The van der Waals surface area contributed by atoms with Gasteiger partial charge in [0.15, 0.2) is 0 Å². The molecule has 0 fully saturated rings. The molecule has 0 spiro atoms. The van der Waals surface area contributed by atoms with Crippen LogP contribution < -0.4 is 5.56 Å². The molecule has 0 amide bonds. The maximum atomic E-state index is 12.8. The summed E-state index contributed by atoms with van der Waals surface area (Å²) >= 11 is 1.65. The zero-order chi connectivity index (χ0) is 18.1. The van der Waals surface area contributed by atoms with Gasteiger partial charge in [0.2, 0.25) is 0 Å². The Morgan fingerprint density at radius 3 is 2.58 bits per heavy atom. The van der Waals surface area contributed by atoms with E-state index in [0.717, 1.165) is 35.0 Å². The lowest BCUT2D eigenvalue weighted by Gasteiger charge is -2.08. The Morgan fingerprint density at radius 2 is 1.85 bits per heavy atom. The van der Waals surface area contributed by atoms with Gasteiger partial charge in [0.1, 0.15) is 10.7 Å². The molecule has 0 radical (unpaired) electrons. The molecule has 0 saturated carbocycles. The molecular formula is C20H20N2O3S. The maximum absolute atomic E-state index is 12.8. The number of hydrogen-bond acceptors (Lipinski definition) is 5. The zero-order valence-electron chi connectivity index (χ0n) is 14.6. The number of aromatic amines is 1. The molecule has 5 nitrogen and oxygen atoms in total. The first-order valence-corrected chi connectivity index (χ1v) is 9.72. The number of nitrogens with one attached hydrogen (secondary N) is 1. The summed E-state index contributed by atoms with van der Waals surface area (Å²) in [5, 5.41) is 0.766. The SMILES string of the molecule is COC(=O)c1ccc(-c2nc3sc4c(c3c(=O)[nH]2)CCCCCC4)cc1. The van der Waals surface area contributed by atoms with E-state index in [9.17, 15) is 9.59 Å². The molecule has 134 valence electrons. The van der Waals surface area contributed by atoms with Crippen LogP contribution in [-0.2, 0) is 17.6 Å². The summed E-state index contributed by atoms with van der Waals surface area (Å²) in [7, 11) is 1.35. The highest BCUT2D eigenvalue weighted by Gasteiger charge is 2.18. The molecule has 0 atom stereocenters. The summed E-state index contributed by atoms with van der Waals surface area (Å²) in [5.41, 5.74) is 2.38. The van der Waals surface area contributed by atoms with E-state index in [1.807, 2.05) is 0 Å². The summed E-state index contributed by atoms with van der Waals surface area (Å²) < 4.78 is 4.71. The molecule has 4 rings (SSSR count). The normalized spacial score (nSPS) is 14.5. The Bertz CT molecular complexity index is 1020. The molecule has 0 saturated heterocycles. The van der Waals surface area contributed by atoms with Gasteiger partial charge in [-0.2, -0.15) is 0 Å². The molecular weight excluding hydrogens is 348 g/mol. The van der Waals surface area contributed by atoms with Crippen LogP contribution >= 0.6 is 11.3 Å². The highest BCUT2D eigenvalue weighted by Crippen LogP contribution is 2.33. The highest BCUT2D eigenvalue weighted by molar-refractivity contribution is 7.18. The van der Waals surface area contributed by atoms with Gasteiger partial charge in [0.25, 0.3) is 5.56 Å².